The van der Waals surface area contributed by atoms with Crippen LogP contribution in [0.3, 0.4) is 0 Å². The molecule has 3 aromatic rings. The van der Waals surface area contributed by atoms with Crippen LogP contribution in [0, 0.1) is 13.8 Å². The van der Waals surface area contributed by atoms with Gasteiger partial charge in [0, 0.05) is 50.4 Å². The zero-order chi connectivity index (χ0) is 23.7. The van der Waals surface area contributed by atoms with Gasteiger partial charge in [-0.05, 0) is 48.2 Å². The standard InChI is InChI=1S/C29H31N3O2/c1-21-9-8-14-26(22(21)2)30-15-17-31(18-16-30)29(34)27(19-23-10-4-3-5-11-23)32-20-24-12-6-7-13-25(24)28(32)33/h3-14,27H,15-20H2,1-2H3/t27-/m1/s1. The molecule has 0 bridgehead atoms. The Morgan fingerprint density at radius 2 is 1.56 bits per heavy atom. The van der Waals surface area contributed by atoms with E-state index in [0.717, 1.165) is 24.2 Å². The topological polar surface area (TPSA) is 43.9 Å². The van der Waals surface area contributed by atoms with E-state index in [-0.39, 0.29) is 11.8 Å². The number of piperazine rings is 1. The molecule has 0 spiro atoms. The molecule has 34 heavy (non-hydrogen) atoms. The Labute approximate surface area is 201 Å². The van der Waals surface area contributed by atoms with Gasteiger partial charge in [0.15, 0.2) is 0 Å². The number of amides is 2. The summed E-state index contributed by atoms with van der Waals surface area (Å²) in [6.07, 6.45) is 0.524. The predicted molar refractivity (Wildman–Crippen MR) is 135 cm³/mol. The van der Waals surface area contributed by atoms with Gasteiger partial charge in [-0.2, -0.15) is 0 Å². The van der Waals surface area contributed by atoms with E-state index >= 15 is 0 Å². The molecular formula is C29H31N3O2. The summed E-state index contributed by atoms with van der Waals surface area (Å²) in [6, 6.07) is 23.6. The summed E-state index contributed by atoms with van der Waals surface area (Å²) in [5, 5.41) is 0. The average molecular weight is 454 g/mol. The highest BCUT2D eigenvalue weighted by Gasteiger charge is 2.38. The minimum atomic E-state index is -0.505. The molecule has 0 radical (unpaired) electrons. The van der Waals surface area contributed by atoms with Crippen molar-refractivity contribution in [3.63, 3.8) is 0 Å². The maximum absolute atomic E-state index is 13.9. The number of hydrogen-bond donors (Lipinski definition) is 0. The highest BCUT2D eigenvalue weighted by molar-refractivity contribution is 6.01. The fourth-order valence-corrected chi connectivity index (χ4v) is 5.15. The molecule has 0 aromatic heterocycles. The fraction of sp³-hybridized carbons (Fsp3) is 0.310. The second-order valence-corrected chi connectivity index (χ2v) is 9.33. The predicted octanol–water partition coefficient (Wildman–Crippen LogP) is 4.22. The van der Waals surface area contributed by atoms with Crippen molar-refractivity contribution in [2.24, 2.45) is 0 Å². The number of rotatable bonds is 5. The molecule has 0 aliphatic carbocycles. The number of nitrogens with zero attached hydrogens (tertiary/aromatic N) is 3. The summed E-state index contributed by atoms with van der Waals surface area (Å²) in [4.78, 5) is 33.2. The molecule has 5 heteroatoms. The van der Waals surface area contributed by atoms with Crippen LogP contribution in [0.5, 0.6) is 0 Å². The van der Waals surface area contributed by atoms with E-state index in [2.05, 4.69) is 36.9 Å². The number of anilines is 1. The monoisotopic (exact) mass is 453 g/mol. The number of fused-ring (bicyclic) bond motifs is 1. The maximum Gasteiger partial charge on any atom is 0.255 e. The summed E-state index contributed by atoms with van der Waals surface area (Å²) < 4.78 is 0. The summed E-state index contributed by atoms with van der Waals surface area (Å²) in [6.45, 7) is 7.69. The lowest BCUT2D eigenvalue weighted by atomic mass is 10.0. The number of carbonyl (C=O) groups is 2. The third kappa shape index (κ3) is 4.18. The van der Waals surface area contributed by atoms with Gasteiger partial charge < -0.3 is 14.7 Å². The van der Waals surface area contributed by atoms with Crippen LogP contribution in [-0.2, 0) is 17.8 Å². The molecule has 1 fully saturated rings. The summed E-state index contributed by atoms with van der Waals surface area (Å²) >= 11 is 0. The summed E-state index contributed by atoms with van der Waals surface area (Å²) in [5.41, 5.74) is 6.61. The van der Waals surface area contributed by atoms with E-state index in [9.17, 15) is 9.59 Å². The van der Waals surface area contributed by atoms with E-state index in [0.29, 0.717) is 31.6 Å². The third-order valence-electron chi connectivity index (χ3n) is 7.29. The SMILES string of the molecule is Cc1cccc(N2CCN(C(=O)[C@@H](Cc3ccccc3)N3Cc4ccccc4C3=O)CC2)c1C. The second-order valence-electron chi connectivity index (χ2n) is 9.33. The molecule has 0 unspecified atom stereocenters. The molecule has 1 saturated heterocycles. The van der Waals surface area contributed by atoms with Crippen molar-refractivity contribution in [3.8, 4) is 0 Å². The van der Waals surface area contributed by atoms with Crippen molar-refractivity contribution in [2.75, 3.05) is 31.1 Å². The Bertz CT molecular complexity index is 1200. The van der Waals surface area contributed by atoms with Crippen LogP contribution in [0.25, 0.3) is 0 Å². The van der Waals surface area contributed by atoms with E-state index in [1.54, 1.807) is 4.90 Å². The molecule has 1 atom stereocenters. The van der Waals surface area contributed by atoms with E-state index < -0.39 is 6.04 Å². The van der Waals surface area contributed by atoms with E-state index in [4.69, 9.17) is 0 Å². The van der Waals surface area contributed by atoms with Gasteiger partial charge in [-0.25, -0.2) is 0 Å². The Kier molecular flexibility index (Phi) is 6.10. The van der Waals surface area contributed by atoms with Crippen LogP contribution < -0.4 is 4.90 Å². The molecule has 2 heterocycles. The quantitative estimate of drug-likeness (QED) is 0.581. The molecule has 5 nitrogen and oxygen atoms in total. The Hall–Kier alpha value is -3.60. The molecule has 5 rings (SSSR count). The number of hydrogen-bond acceptors (Lipinski definition) is 3. The fourth-order valence-electron chi connectivity index (χ4n) is 5.15. The second kappa shape index (κ2) is 9.34. The lowest BCUT2D eigenvalue weighted by molar-refractivity contribution is -0.136. The van der Waals surface area contributed by atoms with Gasteiger partial charge >= 0.3 is 0 Å². The normalized spacial score (nSPS) is 16.5. The van der Waals surface area contributed by atoms with Crippen LogP contribution in [-0.4, -0.2) is 53.8 Å². The first-order valence-electron chi connectivity index (χ1n) is 12.1. The first-order chi connectivity index (χ1) is 16.5. The van der Waals surface area contributed by atoms with E-state index in [1.165, 1.54) is 16.8 Å². The van der Waals surface area contributed by atoms with Gasteiger partial charge in [-0.3, -0.25) is 9.59 Å². The lowest BCUT2D eigenvalue weighted by Crippen LogP contribution is -2.55. The number of carbonyl (C=O) groups excluding carboxylic acids is 2. The van der Waals surface area contributed by atoms with Gasteiger partial charge in [0.2, 0.25) is 5.91 Å². The molecule has 0 N–H and O–H groups in total. The van der Waals surface area contributed by atoms with Gasteiger partial charge in [0.05, 0.1) is 0 Å². The van der Waals surface area contributed by atoms with E-state index in [1.807, 2.05) is 59.5 Å². The largest absolute Gasteiger partial charge is 0.368 e. The van der Waals surface area contributed by atoms with Gasteiger partial charge in [-0.15, -0.1) is 0 Å². The van der Waals surface area contributed by atoms with Crippen LogP contribution in [0.2, 0.25) is 0 Å². The van der Waals surface area contributed by atoms with Crippen molar-refractivity contribution in [1.29, 1.82) is 0 Å². The smallest absolute Gasteiger partial charge is 0.255 e. The zero-order valence-electron chi connectivity index (χ0n) is 19.9. The molecule has 2 aliphatic rings. The molecular weight excluding hydrogens is 422 g/mol. The molecule has 0 saturated carbocycles. The minimum Gasteiger partial charge on any atom is -0.368 e. The first-order valence-corrected chi connectivity index (χ1v) is 12.1. The first kappa shape index (κ1) is 22.2. The van der Waals surface area contributed by atoms with Crippen molar-refractivity contribution >= 4 is 17.5 Å². The molecule has 3 aromatic carbocycles. The molecule has 174 valence electrons. The Balaban J connectivity index is 1.35. The highest BCUT2D eigenvalue weighted by atomic mass is 16.2. The van der Waals surface area contributed by atoms with Crippen molar-refractivity contribution in [1.82, 2.24) is 9.80 Å². The van der Waals surface area contributed by atoms with Gasteiger partial charge in [0.25, 0.3) is 5.91 Å². The number of aryl methyl sites for hydroxylation is 1. The Morgan fingerprint density at radius 1 is 0.853 bits per heavy atom. The highest BCUT2D eigenvalue weighted by Crippen LogP contribution is 2.28. The maximum atomic E-state index is 13.9. The number of benzene rings is 3. The van der Waals surface area contributed by atoms with Crippen LogP contribution in [0.1, 0.15) is 32.6 Å². The van der Waals surface area contributed by atoms with Crippen molar-refractivity contribution < 1.29 is 9.59 Å². The summed E-state index contributed by atoms with van der Waals surface area (Å²) in [5.74, 6) is 0.00419. The van der Waals surface area contributed by atoms with Gasteiger partial charge in [0.1, 0.15) is 6.04 Å². The lowest BCUT2D eigenvalue weighted by Gasteiger charge is -2.39. The van der Waals surface area contributed by atoms with Crippen LogP contribution in [0.4, 0.5) is 5.69 Å². The Morgan fingerprint density at radius 3 is 2.29 bits per heavy atom. The van der Waals surface area contributed by atoms with Crippen molar-refractivity contribution in [3.05, 3.63) is 101 Å². The van der Waals surface area contributed by atoms with Crippen LogP contribution >= 0.6 is 0 Å². The average Bonchev–Trinajstić information content (AvgIpc) is 3.21. The third-order valence-corrected chi connectivity index (χ3v) is 7.29. The molecule has 2 amide bonds. The zero-order valence-corrected chi connectivity index (χ0v) is 19.9. The summed E-state index contributed by atoms with van der Waals surface area (Å²) in [7, 11) is 0. The van der Waals surface area contributed by atoms with Crippen LogP contribution in [0.15, 0.2) is 72.8 Å². The van der Waals surface area contributed by atoms with Crippen molar-refractivity contribution in [2.45, 2.75) is 32.9 Å². The molecule has 2 aliphatic heterocycles. The van der Waals surface area contributed by atoms with Gasteiger partial charge in [-0.1, -0.05) is 60.7 Å². The minimum absolute atomic E-state index is 0.0427.